The summed E-state index contributed by atoms with van der Waals surface area (Å²) in [6.07, 6.45) is 4.56. The maximum atomic E-state index is 11.8. The van der Waals surface area contributed by atoms with Crippen molar-refractivity contribution in [2.75, 3.05) is 19.7 Å². The van der Waals surface area contributed by atoms with Gasteiger partial charge in [-0.3, -0.25) is 0 Å². The number of hydrogen-bond acceptors (Lipinski definition) is 5. The molecular weight excluding hydrogens is 270 g/mol. The van der Waals surface area contributed by atoms with E-state index in [9.17, 15) is 15.0 Å². The summed E-state index contributed by atoms with van der Waals surface area (Å²) in [5.41, 5.74) is 0.0825. The Hall–Kier alpha value is -1.75. The second-order valence-electron chi connectivity index (χ2n) is 5.57. The van der Waals surface area contributed by atoms with Crippen molar-refractivity contribution in [2.24, 2.45) is 0 Å². The number of carbonyl (C=O) groups is 1. The van der Waals surface area contributed by atoms with E-state index in [-0.39, 0.29) is 17.1 Å². The molecule has 1 saturated heterocycles. The fourth-order valence-electron chi connectivity index (χ4n) is 2.69. The summed E-state index contributed by atoms with van der Waals surface area (Å²) in [5, 5.41) is 18.8. The molecule has 1 aliphatic rings. The lowest BCUT2D eigenvalue weighted by atomic mass is 10.0. The Morgan fingerprint density at radius 1 is 1.38 bits per heavy atom. The Morgan fingerprint density at radius 3 is 2.90 bits per heavy atom. The lowest BCUT2D eigenvalue weighted by Crippen LogP contribution is -2.38. The van der Waals surface area contributed by atoms with Gasteiger partial charge in [-0.2, -0.15) is 0 Å². The van der Waals surface area contributed by atoms with Gasteiger partial charge in [0, 0.05) is 18.7 Å². The van der Waals surface area contributed by atoms with Crippen molar-refractivity contribution < 1.29 is 19.7 Å². The second kappa shape index (κ2) is 7.31. The Balaban J connectivity index is 1.74. The average Bonchev–Trinajstić information content (AvgIpc) is 2.45. The minimum Gasteiger partial charge on any atom is -0.508 e. The van der Waals surface area contributed by atoms with Crippen LogP contribution in [0.15, 0.2) is 18.2 Å². The van der Waals surface area contributed by atoms with E-state index in [1.165, 1.54) is 31.4 Å². The third-order valence-electron chi connectivity index (χ3n) is 3.96. The topological polar surface area (TPSA) is 70.0 Å². The van der Waals surface area contributed by atoms with Crippen LogP contribution in [0.3, 0.4) is 0 Å². The molecule has 2 N–H and O–H groups in total. The maximum absolute atomic E-state index is 11.8. The molecule has 0 amide bonds. The molecule has 0 bridgehead atoms. The van der Waals surface area contributed by atoms with E-state index in [1.807, 2.05) is 0 Å². The highest BCUT2D eigenvalue weighted by molar-refractivity contribution is 5.92. The summed E-state index contributed by atoms with van der Waals surface area (Å²) >= 11 is 0. The highest BCUT2D eigenvalue weighted by atomic mass is 16.5. The van der Waals surface area contributed by atoms with Gasteiger partial charge >= 0.3 is 5.97 Å². The van der Waals surface area contributed by atoms with Gasteiger partial charge in [0.2, 0.25) is 0 Å². The first-order chi connectivity index (χ1) is 10.1. The van der Waals surface area contributed by atoms with Crippen molar-refractivity contribution >= 4 is 5.97 Å². The number of ether oxygens (including phenoxy) is 1. The van der Waals surface area contributed by atoms with Crippen molar-refractivity contribution in [3.05, 3.63) is 23.8 Å². The van der Waals surface area contributed by atoms with Crippen LogP contribution in [0.1, 0.15) is 43.0 Å². The fourth-order valence-corrected chi connectivity index (χ4v) is 2.69. The summed E-state index contributed by atoms with van der Waals surface area (Å²) in [4.78, 5) is 14.2. The van der Waals surface area contributed by atoms with Crippen molar-refractivity contribution in [3.63, 3.8) is 0 Å². The molecule has 2 rings (SSSR count). The molecule has 21 heavy (non-hydrogen) atoms. The van der Waals surface area contributed by atoms with Crippen LogP contribution >= 0.6 is 0 Å². The molecule has 5 heteroatoms. The Kier molecular flexibility index (Phi) is 5.44. The van der Waals surface area contributed by atoms with Gasteiger partial charge in [0.05, 0.1) is 6.61 Å². The largest absolute Gasteiger partial charge is 0.508 e. The molecule has 0 saturated carbocycles. The first kappa shape index (κ1) is 15.6. The highest BCUT2D eigenvalue weighted by Gasteiger charge is 2.18. The number of carbonyl (C=O) groups excluding carboxylic acids is 1. The predicted octanol–water partition coefficient (Wildman–Crippen LogP) is 2.52. The monoisotopic (exact) mass is 293 g/mol. The van der Waals surface area contributed by atoms with Gasteiger partial charge in [-0.25, -0.2) is 4.79 Å². The van der Waals surface area contributed by atoms with E-state index >= 15 is 0 Å². The zero-order valence-electron chi connectivity index (χ0n) is 12.4. The van der Waals surface area contributed by atoms with Crippen LogP contribution in [0.4, 0.5) is 0 Å². The number of benzene rings is 1. The molecule has 1 aliphatic heterocycles. The summed E-state index contributed by atoms with van der Waals surface area (Å²) in [7, 11) is 0. The quantitative estimate of drug-likeness (QED) is 0.645. The Bertz CT molecular complexity index is 489. The van der Waals surface area contributed by atoms with Crippen LogP contribution in [0.2, 0.25) is 0 Å². The summed E-state index contributed by atoms with van der Waals surface area (Å²) < 4.78 is 5.17. The van der Waals surface area contributed by atoms with Crippen molar-refractivity contribution in [3.8, 4) is 11.5 Å². The van der Waals surface area contributed by atoms with Gasteiger partial charge in [-0.1, -0.05) is 6.42 Å². The molecular formula is C16H23NO4. The lowest BCUT2D eigenvalue weighted by Gasteiger charge is -2.33. The lowest BCUT2D eigenvalue weighted by molar-refractivity contribution is 0.0472. The van der Waals surface area contributed by atoms with Gasteiger partial charge < -0.3 is 19.8 Å². The van der Waals surface area contributed by atoms with Gasteiger partial charge in [0.15, 0.2) is 0 Å². The number of likely N-dealkylation sites (tertiary alicyclic amines) is 1. The molecule has 5 nitrogen and oxygen atoms in total. The average molecular weight is 293 g/mol. The van der Waals surface area contributed by atoms with E-state index in [0.717, 1.165) is 25.6 Å². The molecule has 0 radical (unpaired) electrons. The first-order valence-electron chi connectivity index (χ1n) is 7.51. The van der Waals surface area contributed by atoms with E-state index in [0.29, 0.717) is 12.6 Å². The molecule has 0 aliphatic carbocycles. The number of phenolic OH excluding ortho intramolecular Hbond substituents is 2. The zero-order valence-corrected chi connectivity index (χ0v) is 12.4. The summed E-state index contributed by atoms with van der Waals surface area (Å²) in [6, 6.07) is 4.45. The number of esters is 1. The smallest absolute Gasteiger partial charge is 0.341 e. The summed E-state index contributed by atoms with van der Waals surface area (Å²) in [6.45, 7) is 4.62. The van der Waals surface area contributed by atoms with Crippen LogP contribution in [0.25, 0.3) is 0 Å². The van der Waals surface area contributed by atoms with Gasteiger partial charge in [0.25, 0.3) is 0 Å². The third kappa shape index (κ3) is 4.36. The third-order valence-corrected chi connectivity index (χ3v) is 3.96. The molecule has 1 unspecified atom stereocenters. The molecule has 1 fully saturated rings. The number of aromatic hydroxyl groups is 2. The first-order valence-corrected chi connectivity index (χ1v) is 7.51. The molecule has 1 atom stereocenters. The predicted molar refractivity (Wildman–Crippen MR) is 79.6 cm³/mol. The number of hydrogen-bond donors (Lipinski definition) is 2. The van der Waals surface area contributed by atoms with E-state index < -0.39 is 5.97 Å². The fraction of sp³-hybridized carbons (Fsp3) is 0.562. The van der Waals surface area contributed by atoms with E-state index in [1.54, 1.807) is 0 Å². The van der Waals surface area contributed by atoms with Crippen LogP contribution in [-0.2, 0) is 4.74 Å². The number of rotatable bonds is 5. The zero-order chi connectivity index (χ0) is 15.2. The van der Waals surface area contributed by atoms with Gasteiger partial charge in [0.1, 0.15) is 17.1 Å². The summed E-state index contributed by atoms with van der Waals surface area (Å²) in [5.74, 6) is -0.896. The minimum atomic E-state index is -0.556. The van der Waals surface area contributed by atoms with E-state index in [2.05, 4.69) is 11.8 Å². The van der Waals surface area contributed by atoms with Crippen LogP contribution in [-0.4, -0.2) is 46.8 Å². The normalized spacial score (nSPS) is 19.4. The number of nitrogens with zero attached hydrogens (tertiary/aromatic N) is 1. The Morgan fingerprint density at radius 2 is 2.19 bits per heavy atom. The standard InChI is InChI=1S/C16H23NO4/c1-12-5-2-3-8-17(12)9-4-10-21-16(20)14-7-6-13(18)11-15(14)19/h6-7,11-12,18-19H,2-5,8-10H2,1H3. The van der Waals surface area contributed by atoms with Crippen LogP contribution in [0, 0.1) is 0 Å². The van der Waals surface area contributed by atoms with Crippen LogP contribution < -0.4 is 0 Å². The molecule has 116 valence electrons. The van der Waals surface area contributed by atoms with Gasteiger partial charge in [-0.15, -0.1) is 0 Å². The second-order valence-corrected chi connectivity index (χ2v) is 5.57. The molecule has 0 aromatic heterocycles. The highest BCUT2D eigenvalue weighted by Crippen LogP contribution is 2.23. The molecule has 1 heterocycles. The molecule has 1 aromatic rings. The Labute approximate surface area is 125 Å². The van der Waals surface area contributed by atoms with Crippen molar-refractivity contribution in [2.45, 2.75) is 38.6 Å². The van der Waals surface area contributed by atoms with Crippen LogP contribution in [0.5, 0.6) is 11.5 Å². The van der Waals surface area contributed by atoms with Gasteiger partial charge in [-0.05, 0) is 44.9 Å². The molecule has 0 spiro atoms. The molecule has 1 aromatic carbocycles. The number of piperidine rings is 1. The van der Waals surface area contributed by atoms with Crippen molar-refractivity contribution in [1.82, 2.24) is 4.90 Å². The minimum absolute atomic E-state index is 0.0804. The van der Waals surface area contributed by atoms with Crippen molar-refractivity contribution in [1.29, 1.82) is 0 Å². The van der Waals surface area contributed by atoms with E-state index in [4.69, 9.17) is 4.74 Å². The number of phenols is 2. The maximum Gasteiger partial charge on any atom is 0.341 e. The SMILES string of the molecule is CC1CCCCN1CCCOC(=O)c1ccc(O)cc1O.